The van der Waals surface area contributed by atoms with Crippen LogP contribution in [-0.4, -0.2) is 59.3 Å². The van der Waals surface area contributed by atoms with Gasteiger partial charge in [-0.05, 0) is 45.4 Å². The minimum Gasteiger partial charge on any atom is -0.468 e. The molecule has 10 heteroatoms. The van der Waals surface area contributed by atoms with Gasteiger partial charge in [0.1, 0.15) is 6.04 Å². The van der Waals surface area contributed by atoms with Crippen molar-refractivity contribution in [1.82, 2.24) is 14.8 Å². The summed E-state index contributed by atoms with van der Waals surface area (Å²) in [4.78, 5) is 31.1. The molecule has 0 bridgehead atoms. The van der Waals surface area contributed by atoms with Crippen molar-refractivity contribution in [2.75, 3.05) is 42.8 Å². The lowest BCUT2D eigenvalue weighted by Crippen LogP contribution is -2.29. The lowest BCUT2D eigenvalue weighted by atomic mass is 9.95. The van der Waals surface area contributed by atoms with Crippen molar-refractivity contribution in [3.05, 3.63) is 41.1 Å². The highest BCUT2D eigenvalue weighted by Crippen LogP contribution is 2.37. The first-order valence-electron chi connectivity index (χ1n) is 10.6. The molecule has 1 aromatic carbocycles. The summed E-state index contributed by atoms with van der Waals surface area (Å²) in [6.45, 7) is 9.92. The zero-order valence-electron chi connectivity index (χ0n) is 19.0. The van der Waals surface area contributed by atoms with Crippen LogP contribution in [0, 0.1) is 0 Å². The summed E-state index contributed by atoms with van der Waals surface area (Å²) < 4.78 is 11.7. The van der Waals surface area contributed by atoms with Gasteiger partial charge in [-0.1, -0.05) is 23.9 Å². The first-order chi connectivity index (χ1) is 15.4. The number of methoxy groups -OCH3 is 1. The van der Waals surface area contributed by atoms with Crippen LogP contribution in [0.5, 0.6) is 0 Å². The molecule has 1 aliphatic heterocycles. The first kappa shape index (κ1) is 23.6. The van der Waals surface area contributed by atoms with E-state index in [1.54, 1.807) is 11.6 Å². The van der Waals surface area contributed by atoms with Crippen LogP contribution < -0.4 is 10.2 Å². The maximum Gasteiger partial charge on any atom is 0.338 e. The van der Waals surface area contributed by atoms with E-state index >= 15 is 0 Å². The van der Waals surface area contributed by atoms with Gasteiger partial charge in [-0.25, -0.2) is 9.48 Å². The Hall–Kier alpha value is -3.01. The summed E-state index contributed by atoms with van der Waals surface area (Å²) in [6.07, 6.45) is 0. The van der Waals surface area contributed by atoms with E-state index in [2.05, 4.69) is 34.1 Å². The third kappa shape index (κ3) is 4.90. The van der Waals surface area contributed by atoms with Crippen molar-refractivity contribution in [3.8, 4) is 0 Å². The summed E-state index contributed by atoms with van der Waals surface area (Å²) in [5.41, 5.74) is 3.13. The van der Waals surface area contributed by atoms with Crippen LogP contribution in [0.3, 0.4) is 0 Å². The number of thioether (sulfide) groups is 1. The fourth-order valence-electron chi connectivity index (χ4n) is 3.61. The molecule has 2 aromatic rings. The van der Waals surface area contributed by atoms with Gasteiger partial charge in [-0.2, -0.15) is 4.98 Å². The zero-order valence-corrected chi connectivity index (χ0v) is 19.9. The highest BCUT2D eigenvalue weighted by atomic mass is 32.2. The summed E-state index contributed by atoms with van der Waals surface area (Å²) in [5.74, 6) is -0.165. The van der Waals surface area contributed by atoms with E-state index in [4.69, 9.17) is 9.47 Å². The van der Waals surface area contributed by atoms with Gasteiger partial charge in [-0.15, -0.1) is 5.10 Å². The summed E-state index contributed by atoms with van der Waals surface area (Å²) in [5, 5.41) is 8.14. The molecule has 0 fully saturated rings. The Labute approximate surface area is 192 Å². The molecule has 1 atom stereocenters. The third-order valence-electron chi connectivity index (χ3n) is 5.21. The average molecular weight is 460 g/mol. The summed E-state index contributed by atoms with van der Waals surface area (Å²) in [7, 11) is 1.34. The molecule has 0 spiro atoms. The minimum atomic E-state index is -0.504. The molecule has 172 valence electrons. The highest BCUT2D eigenvalue weighted by Gasteiger charge is 2.35. The Morgan fingerprint density at radius 2 is 1.88 bits per heavy atom. The average Bonchev–Trinajstić information content (AvgIpc) is 3.20. The number of nitrogens with one attached hydrogen (secondary N) is 1. The van der Waals surface area contributed by atoms with Crippen molar-refractivity contribution in [3.63, 3.8) is 0 Å². The summed E-state index contributed by atoms with van der Waals surface area (Å²) in [6, 6.07) is 7.60. The number of aromatic nitrogens is 3. The number of rotatable bonds is 9. The molecule has 1 aromatic heterocycles. The number of hydrogen-bond donors (Lipinski definition) is 1. The molecule has 3 rings (SSSR count). The molecule has 0 saturated heterocycles. The lowest BCUT2D eigenvalue weighted by Gasteiger charge is -2.28. The van der Waals surface area contributed by atoms with Crippen molar-refractivity contribution in [1.29, 1.82) is 0 Å². The predicted molar refractivity (Wildman–Crippen MR) is 124 cm³/mol. The molecular formula is C22H29N5O4S. The molecule has 0 radical (unpaired) electrons. The Kier molecular flexibility index (Phi) is 7.79. The quantitative estimate of drug-likeness (QED) is 0.447. The number of fused-ring (bicyclic) bond motifs is 1. The van der Waals surface area contributed by atoms with Gasteiger partial charge >= 0.3 is 11.9 Å². The van der Waals surface area contributed by atoms with Crippen LogP contribution in [0.2, 0.25) is 0 Å². The third-order valence-corrected chi connectivity index (χ3v) is 6.02. The molecule has 1 unspecified atom stereocenters. The van der Waals surface area contributed by atoms with E-state index in [1.165, 1.54) is 18.9 Å². The van der Waals surface area contributed by atoms with Crippen LogP contribution in [0.15, 0.2) is 40.7 Å². The number of carbonyl (C=O) groups is 2. The van der Waals surface area contributed by atoms with Crippen molar-refractivity contribution in [2.45, 2.75) is 38.9 Å². The molecule has 0 amide bonds. The second kappa shape index (κ2) is 10.5. The topological polar surface area (TPSA) is 98.6 Å². The molecule has 32 heavy (non-hydrogen) atoms. The van der Waals surface area contributed by atoms with Gasteiger partial charge in [0.25, 0.3) is 0 Å². The fraction of sp³-hybridized carbons (Fsp3) is 0.455. The SMILES string of the molecule is CCOC(=O)C1=C(C)Nc2nc(SCC(=O)OC)nn2C1c1ccc(N(CC)CC)cc1. The van der Waals surface area contributed by atoms with E-state index in [0.29, 0.717) is 22.4 Å². The number of allylic oxidation sites excluding steroid dienone is 1. The smallest absolute Gasteiger partial charge is 0.338 e. The number of ether oxygens (including phenoxy) is 2. The largest absolute Gasteiger partial charge is 0.468 e. The number of anilines is 2. The fourth-order valence-corrected chi connectivity index (χ4v) is 4.27. The van der Waals surface area contributed by atoms with Crippen LogP contribution >= 0.6 is 11.8 Å². The molecule has 1 N–H and O–H groups in total. The zero-order chi connectivity index (χ0) is 23.3. The monoisotopic (exact) mass is 459 g/mol. The normalized spacial score (nSPS) is 15.1. The van der Waals surface area contributed by atoms with E-state index in [1.807, 2.05) is 31.2 Å². The van der Waals surface area contributed by atoms with Gasteiger partial charge in [0.15, 0.2) is 0 Å². The first-order valence-corrected chi connectivity index (χ1v) is 11.6. The second-order valence-electron chi connectivity index (χ2n) is 7.08. The Bertz CT molecular complexity index is 998. The molecule has 0 aliphatic carbocycles. The van der Waals surface area contributed by atoms with Crippen LogP contribution in [-0.2, 0) is 19.1 Å². The lowest BCUT2D eigenvalue weighted by molar-refractivity contribution is -0.139. The molecule has 0 saturated carbocycles. The molecular weight excluding hydrogens is 430 g/mol. The van der Waals surface area contributed by atoms with Crippen molar-refractivity contribution in [2.24, 2.45) is 0 Å². The van der Waals surface area contributed by atoms with Crippen LogP contribution in [0.25, 0.3) is 0 Å². The highest BCUT2D eigenvalue weighted by molar-refractivity contribution is 7.99. The van der Waals surface area contributed by atoms with Gasteiger partial charge in [0.05, 0.1) is 25.0 Å². The standard InChI is InChI=1S/C22H29N5O4S/c1-6-26(7-2)16-11-9-15(10-12-16)19-18(20(29)31-8-3)14(4)23-21-24-22(25-27(19)21)32-13-17(28)30-5/h9-12,19H,6-8,13H2,1-5H3,(H,23,24,25). The number of esters is 2. The van der Waals surface area contributed by atoms with Crippen LogP contribution in [0.4, 0.5) is 11.6 Å². The minimum absolute atomic E-state index is 0.0976. The number of carbonyl (C=O) groups excluding carboxylic acids is 2. The molecule has 2 heterocycles. The maximum atomic E-state index is 12.9. The molecule has 9 nitrogen and oxygen atoms in total. The number of benzene rings is 1. The van der Waals surface area contributed by atoms with Crippen molar-refractivity contribution < 1.29 is 19.1 Å². The van der Waals surface area contributed by atoms with E-state index in [9.17, 15) is 9.59 Å². The van der Waals surface area contributed by atoms with Gasteiger partial charge < -0.3 is 19.7 Å². The predicted octanol–water partition coefficient (Wildman–Crippen LogP) is 3.24. The number of nitrogens with zero attached hydrogens (tertiary/aromatic N) is 4. The van der Waals surface area contributed by atoms with Gasteiger partial charge in [0, 0.05) is 24.5 Å². The Morgan fingerprint density at radius 3 is 2.47 bits per heavy atom. The van der Waals surface area contributed by atoms with Crippen LogP contribution in [0.1, 0.15) is 39.3 Å². The number of hydrogen-bond acceptors (Lipinski definition) is 9. The van der Waals surface area contributed by atoms with Crippen molar-refractivity contribution >= 4 is 35.3 Å². The Morgan fingerprint density at radius 1 is 1.19 bits per heavy atom. The van der Waals surface area contributed by atoms with E-state index in [0.717, 1.165) is 24.3 Å². The van der Waals surface area contributed by atoms with Gasteiger partial charge in [-0.3, -0.25) is 4.79 Å². The summed E-state index contributed by atoms with van der Waals surface area (Å²) >= 11 is 1.18. The molecule has 1 aliphatic rings. The Balaban J connectivity index is 2.02. The van der Waals surface area contributed by atoms with E-state index in [-0.39, 0.29) is 18.3 Å². The maximum absolute atomic E-state index is 12.9. The second-order valence-corrected chi connectivity index (χ2v) is 8.02. The van der Waals surface area contributed by atoms with Gasteiger partial charge in [0.2, 0.25) is 11.1 Å². The van der Waals surface area contributed by atoms with E-state index < -0.39 is 12.0 Å².